The third-order valence-electron chi connectivity index (χ3n) is 5.75. The summed E-state index contributed by atoms with van der Waals surface area (Å²) in [5, 5.41) is 0. The standard InChI is InChI=1S/C21H33BO4/c1-8-24-19(23)16(3)10-9-15(2)17-11-13-18(14-12-17)22-25-20(4,5)21(6,7)26-22/h11-16H,8-10H2,1-7H3. The molecule has 2 unspecified atom stereocenters. The fourth-order valence-corrected chi connectivity index (χ4v) is 3.03. The van der Waals surface area contributed by atoms with E-state index in [2.05, 4.69) is 58.9 Å². The molecule has 0 aliphatic carbocycles. The summed E-state index contributed by atoms with van der Waals surface area (Å²) in [7, 11) is -0.326. The number of carbonyl (C=O) groups excluding carboxylic acids is 1. The molecule has 0 saturated carbocycles. The predicted octanol–water partition coefficient (Wildman–Crippen LogP) is 4.07. The fourth-order valence-electron chi connectivity index (χ4n) is 3.03. The van der Waals surface area contributed by atoms with E-state index < -0.39 is 0 Å². The van der Waals surface area contributed by atoms with Gasteiger partial charge in [0, 0.05) is 0 Å². The predicted molar refractivity (Wildman–Crippen MR) is 106 cm³/mol. The first-order chi connectivity index (χ1) is 12.1. The molecule has 0 N–H and O–H groups in total. The Morgan fingerprint density at radius 3 is 2.08 bits per heavy atom. The first-order valence-corrected chi connectivity index (χ1v) is 9.69. The highest BCUT2D eigenvalue weighted by Gasteiger charge is 2.51. The van der Waals surface area contributed by atoms with Crippen LogP contribution >= 0.6 is 0 Å². The molecule has 1 aliphatic rings. The first kappa shape index (κ1) is 21.0. The Bertz CT molecular complexity index is 593. The van der Waals surface area contributed by atoms with Crippen LogP contribution in [-0.2, 0) is 18.8 Å². The Balaban J connectivity index is 1.94. The second-order valence-electron chi connectivity index (χ2n) is 8.39. The minimum Gasteiger partial charge on any atom is -0.466 e. The van der Waals surface area contributed by atoms with Crippen molar-refractivity contribution in [3.05, 3.63) is 29.8 Å². The zero-order valence-corrected chi connectivity index (χ0v) is 17.3. The normalized spacial score (nSPS) is 20.7. The Morgan fingerprint density at radius 2 is 1.58 bits per heavy atom. The van der Waals surface area contributed by atoms with Crippen LogP contribution < -0.4 is 5.46 Å². The molecule has 0 radical (unpaired) electrons. The summed E-state index contributed by atoms with van der Waals surface area (Å²) in [5.74, 6) is 0.233. The largest absolute Gasteiger partial charge is 0.494 e. The third kappa shape index (κ3) is 4.69. The summed E-state index contributed by atoms with van der Waals surface area (Å²) in [6.45, 7) is 14.7. The van der Waals surface area contributed by atoms with Crippen LogP contribution in [0, 0.1) is 5.92 Å². The minimum atomic E-state index is -0.327. The smallest absolute Gasteiger partial charge is 0.466 e. The van der Waals surface area contributed by atoms with Crippen LogP contribution in [0.5, 0.6) is 0 Å². The zero-order valence-electron chi connectivity index (χ0n) is 17.3. The molecule has 1 aliphatic heterocycles. The Labute approximate surface area is 158 Å². The van der Waals surface area contributed by atoms with E-state index in [1.165, 1.54) is 5.56 Å². The van der Waals surface area contributed by atoms with E-state index in [0.29, 0.717) is 12.5 Å². The molecule has 2 atom stereocenters. The summed E-state index contributed by atoms with van der Waals surface area (Å²) in [4.78, 5) is 11.7. The molecule has 0 amide bonds. The Morgan fingerprint density at radius 1 is 1.04 bits per heavy atom. The van der Waals surface area contributed by atoms with Gasteiger partial charge in [-0.3, -0.25) is 4.79 Å². The molecular weight excluding hydrogens is 327 g/mol. The highest BCUT2D eigenvalue weighted by atomic mass is 16.7. The van der Waals surface area contributed by atoms with E-state index in [1.807, 2.05) is 13.8 Å². The first-order valence-electron chi connectivity index (χ1n) is 9.69. The van der Waals surface area contributed by atoms with Crippen LogP contribution in [0.25, 0.3) is 0 Å². The van der Waals surface area contributed by atoms with Gasteiger partial charge in [-0.25, -0.2) is 0 Å². The maximum Gasteiger partial charge on any atom is 0.494 e. The van der Waals surface area contributed by atoms with Crippen molar-refractivity contribution in [1.29, 1.82) is 0 Å². The highest BCUT2D eigenvalue weighted by molar-refractivity contribution is 6.62. The molecule has 4 nitrogen and oxygen atoms in total. The van der Waals surface area contributed by atoms with Crippen LogP contribution in [0.3, 0.4) is 0 Å². The lowest BCUT2D eigenvalue weighted by molar-refractivity contribution is -0.147. The van der Waals surface area contributed by atoms with Gasteiger partial charge in [0.1, 0.15) is 0 Å². The third-order valence-corrected chi connectivity index (χ3v) is 5.75. The number of rotatable bonds is 7. The van der Waals surface area contributed by atoms with E-state index in [9.17, 15) is 4.79 Å². The molecule has 1 aromatic carbocycles. The molecule has 2 rings (SSSR count). The van der Waals surface area contributed by atoms with Gasteiger partial charge in [-0.15, -0.1) is 0 Å². The van der Waals surface area contributed by atoms with Crippen LogP contribution in [0.4, 0.5) is 0 Å². The summed E-state index contributed by atoms with van der Waals surface area (Å²) in [5.41, 5.74) is 1.65. The van der Waals surface area contributed by atoms with Gasteiger partial charge in [0.25, 0.3) is 0 Å². The zero-order chi connectivity index (χ0) is 19.5. The van der Waals surface area contributed by atoms with Crippen LogP contribution in [0.2, 0.25) is 0 Å². The van der Waals surface area contributed by atoms with Crippen LogP contribution in [-0.4, -0.2) is 30.9 Å². The maximum absolute atomic E-state index is 11.7. The number of hydrogen-bond donors (Lipinski definition) is 0. The van der Waals surface area contributed by atoms with Crippen LogP contribution in [0.1, 0.15) is 72.8 Å². The summed E-state index contributed by atoms with van der Waals surface area (Å²) in [6, 6.07) is 8.45. The van der Waals surface area contributed by atoms with Gasteiger partial charge >= 0.3 is 13.1 Å². The van der Waals surface area contributed by atoms with E-state index >= 15 is 0 Å². The molecule has 1 saturated heterocycles. The van der Waals surface area contributed by atoms with Crippen molar-refractivity contribution in [2.75, 3.05) is 6.61 Å². The lowest BCUT2D eigenvalue weighted by atomic mass is 9.78. The molecule has 5 heteroatoms. The monoisotopic (exact) mass is 360 g/mol. The van der Waals surface area contributed by atoms with Crippen LogP contribution in [0.15, 0.2) is 24.3 Å². The fraction of sp³-hybridized carbons (Fsp3) is 0.667. The average Bonchev–Trinajstić information content (AvgIpc) is 2.80. The molecule has 0 aromatic heterocycles. The van der Waals surface area contributed by atoms with E-state index in [-0.39, 0.29) is 30.2 Å². The summed E-state index contributed by atoms with van der Waals surface area (Å²) >= 11 is 0. The number of hydrogen-bond acceptors (Lipinski definition) is 4. The van der Waals surface area contributed by atoms with Gasteiger partial charge in [-0.2, -0.15) is 0 Å². The minimum absolute atomic E-state index is 0.0542. The van der Waals surface area contributed by atoms with E-state index in [1.54, 1.807) is 0 Å². The summed E-state index contributed by atoms with van der Waals surface area (Å²) in [6.07, 6.45) is 1.79. The topological polar surface area (TPSA) is 44.8 Å². The average molecular weight is 360 g/mol. The van der Waals surface area contributed by atoms with Crippen molar-refractivity contribution in [3.63, 3.8) is 0 Å². The van der Waals surface area contributed by atoms with Gasteiger partial charge in [0.15, 0.2) is 0 Å². The van der Waals surface area contributed by atoms with Gasteiger partial charge in [0.05, 0.1) is 23.7 Å². The highest BCUT2D eigenvalue weighted by Crippen LogP contribution is 2.36. The molecule has 0 spiro atoms. The van der Waals surface area contributed by atoms with Crippen molar-refractivity contribution in [2.24, 2.45) is 5.92 Å². The quantitative estimate of drug-likeness (QED) is 0.543. The molecule has 26 heavy (non-hydrogen) atoms. The van der Waals surface area contributed by atoms with E-state index in [4.69, 9.17) is 14.0 Å². The lowest BCUT2D eigenvalue weighted by Crippen LogP contribution is -2.41. The SMILES string of the molecule is CCOC(=O)C(C)CCC(C)c1ccc(B2OC(C)(C)C(C)(C)O2)cc1. The van der Waals surface area contributed by atoms with Gasteiger partial charge in [-0.1, -0.05) is 38.1 Å². The molecule has 1 fully saturated rings. The van der Waals surface area contributed by atoms with Crippen molar-refractivity contribution in [3.8, 4) is 0 Å². The second kappa shape index (κ2) is 8.14. The number of esters is 1. The maximum atomic E-state index is 11.7. The number of carbonyl (C=O) groups is 1. The second-order valence-corrected chi connectivity index (χ2v) is 8.39. The number of benzene rings is 1. The molecule has 144 valence electrons. The molecular formula is C21H33BO4. The van der Waals surface area contributed by atoms with Gasteiger partial charge < -0.3 is 14.0 Å². The molecule has 1 heterocycles. The van der Waals surface area contributed by atoms with Gasteiger partial charge in [0.2, 0.25) is 0 Å². The lowest BCUT2D eigenvalue weighted by Gasteiger charge is -2.32. The van der Waals surface area contributed by atoms with Crippen molar-refractivity contribution in [1.82, 2.24) is 0 Å². The molecule has 0 bridgehead atoms. The van der Waals surface area contributed by atoms with Crippen molar-refractivity contribution < 1.29 is 18.8 Å². The van der Waals surface area contributed by atoms with Gasteiger partial charge in [-0.05, 0) is 64.4 Å². The molecule has 1 aromatic rings. The Kier molecular flexibility index (Phi) is 6.57. The Hall–Kier alpha value is -1.33. The van der Waals surface area contributed by atoms with E-state index in [0.717, 1.165) is 18.3 Å². The van der Waals surface area contributed by atoms with Crippen molar-refractivity contribution in [2.45, 2.75) is 78.4 Å². The van der Waals surface area contributed by atoms with Crippen molar-refractivity contribution >= 4 is 18.6 Å². The number of ether oxygens (including phenoxy) is 1. The summed E-state index contributed by atoms with van der Waals surface area (Å²) < 4.78 is 17.3.